The van der Waals surface area contributed by atoms with Gasteiger partial charge in [0.05, 0.1) is 29.9 Å². The molecule has 9 heteroatoms. The highest BCUT2D eigenvalue weighted by atomic mass is 16.5. The van der Waals surface area contributed by atoms with Gasteiger partial charge in [0.15, 0.2) is 0 Å². The Labute approximate surface area is 642 Å². The summed E-state index contributed by atoms with van der Waals surface area (Å²) in [5, 5.41) is 37.0. The quantitative estimate of drug-likeness (QED) is 0.0533. The van der Waals surface area contributed by atoms with E-state index in [-0.39, 0.29) is 46.1 Å². The molecule has 6 fully saturated rings. The Morgan fingerprint density at radius 1 is 0.528 bits per heavy atom. The Hall–Kier alpha value is -7.33. The molecule has 108 heavy (non-hydrogen) atoms. The molecule has 2 N–H and O–H groups in total. The molecule has 1 aromatic heterocycles. The van der Waals surface area contributed by atoms with Crippen LogP contribution in [0.15, 0.2) is 179 Å². The number of esters is 1. The standard InChI is InChI=1S/C49H59N3O3.C28H44O.C22H20O2/c1-30(2)31(3)12-13-32(4)39-20-21-40-46(39,5)24-23-41-47(6)25-22-37(53)29-48(47)26-27-49(40,41)52-45(55)50(44(54)51(48)52)28-8-11-33-14-15-36-17-16-34-9-7-10-35-18-19-38(33)43(36)42(34)35;1-18(2)19(3)7-8-20(4)24-11-12-25-23-10-9-21-17-22(29)13-15-27(21,5)26(23)14-16-28(24,25)6;1-2-24-20(23)8-4-5-15-9-10-18-12-11-16-6-3-7-17-13-14-19(15)22(18)21(16)17/h7,9-10,12-19,26-27,30-32,37,39-41,53H,8,11,20-25,28-29H2,1-6H3;7-10,18-20,22,24-26,29H,11-17H2,1-6H3;3,6-7,9-14H,2,4-5,8H2,1H3/b13-12+;8-7+;/t31-,32+,37-,39?,40?,41?,46+,47+,48?,49?;19-,20+,22-,24+,25?,26?,27-,28+;/m00./s1. The van der Waals surface area contributed by atoms with Crippen LogP contribution in [0.3, 0.4) is 0 Å². The number of carbonyl (C=O) groups is 1. The van der Waals surface area contributed by atoms with E-state index in [9.17, 15) is 15.0 Å². The molecule has 2 bridgehead atoms. The van der Waals surface area contributed by atoms with Gasteiger partial charge in [-0.2, -0.15) is 0 Å². The highest BCUT2D eigenvalue weighted by Crippen LogP contribution is 2.74. The van der Waals surface area contributed by atoms with Crippen LogP contribution in [0.2, 0.25) is 0 Å². The predicted molar refractivity (Wildman–Crippen MR) is 447 cm³/mol. The number of aryl methyl sites for hydroxylation is 2. The molecule has 3 heterocycles. The fraction of sp³-hybridized carbons (Fsp3) is 0.545. The molecule has 0 radical (unpaired) electrons. The van der Waals surface area contributed by atoms with Crippen LogP contribution in [0.4, 0.5) is 0 Å². The number of aromatic nitrogens is 3. The Balaban J connectivity index is 0.000000140. The number of benzene rings is 8. The molecule has 0 saturated heterocycles. The van der Waals surface area contributed by atoms with Crippen molar-refractivity contribution < 1.29 is 19.7 Å². The topological polar surface area (TPSA) is 116 Å². The van der Waals surface area contributed by atoms with Gasteiger partial charge in [-0.15, -0.1) is 0 Å². The van der Waals surface area contributed by atoms with Crippen molar-refractivity contribution in [1.82, 2.24) is 13.9 Å². The van der Waals surface area contributed by atoms with E-state index in [1.165, 1.54) is 113 Å². The molecule has 2 spiro atoms. The smallest absolute Gasteiger partial charge is 0.348 e. The van der Waals surface area contributed by atoms with Gasteiger partial charge >= 0.3 is 17.3 Å². The minimum Gasteiger partial charge on any atom is -0.466 e. The van der Waals surface area contributed by atoms with Crippen molar-refractivity contribution in [3.8, 4) is 0 Å². The lowest BCUT2D eigenvalue weighted by atomic mass is 9.40. The first-order chi connectivity index (χ1) is 51.8. The van der Waals surface area contributed by atoms with Crippen LogP contribution in [0.25, 0.3) is 64.6 Å². The zero-order chi connectivity index (χ0) is 75.7. The monoisotopic (exact) mass is 1450 g/mol. The highest BCUT2D eigenvalue weighted by molar-refractivity contribution is 6.24. The van der Waals surface area contributed by atoms with Crippen molar-refractivity contribution in [2.45, 2.75) is 242 Å². The average Bonchev–Trinajstić information content (AvgIpc) is 1.35. The number of allylic oxidation sites excluding steroid dienone is 9. The van der Waals surface area contributed by atoms with Gasteiger partial charge in [0.25, 0.3) is 0 Å². The second-order valence-corrected chi connectivity index (χ2v) is 37.8. The first kappa shape index (κ1) is 74.7. The zero-order valence-electron chi connectivity index (χ0n) is 67.3. The van der Waals surface area contributed by atoms with Gasteiger partial charge in [0.2, 0.25) is 0 Å². The summed E-state index contributed by atoms with van der Waals surface area (Å²) in [5.74, 6) is 6.91. The Morgan fingerprint density at radius 2 is 1.06 bits per heavy atom. The first-order valence-corrected chi connectivity index (χ1v) is 42.6. The number of hydrogen-bond donors (Lipinski definition) is 2. The normalized spacial score (nSPS) is 32.1. The lowest BCUT2D eigenvalue weighted by Gasteiger charge is -2.71. The van der Waals surface area contributed by atoms with E-state index in [1.807, 2.05) is 16.3 Å². The Bertz CT molecular complexity index is 5140. The molecular weight excluding hydrogens is 1330 g/mol. The van der Waals surface area contributed by atoms with Gasteiger partial charge in [-0.3, -0.25) is 4.79 Å². The average molecular weight is 1450 g/mol. The van der Waals surface area contributed by atoms with Crippen LogP contribution < -0.4 is 11.4 Å². The summed E-state index contributed by atoms with van der Waals surface area (Å²) in [6.07, 6.45) is 37.7. The van der Waals surface area contributed by atoms with Crippen LogP contribution in [0.1, 0.15) is 210 Å². The third kappa shape index (κ3) is 11.9. The second kappa shape index (κ2) is 28.5. The number of fused-ring (bicyclic) bond motifs is 6. The minimum atomic E-state index is -0.709. The van der Waals surface area contributed by atoms with Crippen LogP contribution in [-0.4, -0.2) is 48.9 Å². The van der Waals surface area contributed by atoms with Crippen LogP contribution in [0.5, 0.6) is 0 Å². The summed E-state index contributed by atoms with van der Waals surface area (Å²) in [5.41, 5.74) is 4.87. The number of carbonyl (C=O) groups excluding carboxylic acids is 1. The van der Waals surface area contributed by atoms with Crippen molar-refractivity contribution in [2.75, 3.05) is 6.61 Å². The fourth-order valence-electron chi connectivity index (χ4n) is 25.2. The SMILES string of the molecule is CC(C)[C@@H](C)/C=C/[C@@H](C)C1CCC2C34C=CC5(C[C@@H](O)CC[C@]5(C)C3CC[C@]12C)n1c(=O)n(CCCc2ccc3ccc5cccc6ccc2c3c56)c(=O)n14.CC(C)[C@@H](C)/C=C/[C@@H](C)[C@H]1CCC2C3=CC=C4C[C@@H](O)CC[C@]4(C)C3CC[C@@]21C.CCOC(=O)CCCc1ccc2ccc3cccc4ccc1c2c34. The molecule has 0 amide bonds. The summed E-state index contributed by atoms with van der Waals surface area (Å²) in [4.78, 5) is 41.7. The van der Waals surface area contributed by atoms with Gasteiger partial charge in [-0.25, -0.2) is 23.5 Å². The zero-order valence-corrected chi connectivity index (χ0v) is 67.3. The maximum Gasteiger partial charge on any atom is 0.348 e. The predicted octanol–water partition coefficient (Wildman–Crippen LogP) is 22.6. The molecule has 2 aliphatic heterocycles. The van der Waals surface area contributed by atoms with E-state index in [1.54, 1.807) is 10.1 Å². The van der Waals surface area contributed by atoms with E-state index >= 15 is 9.59 Å². The number of aliphatic hydroxyl groups is 2. The maximum atomic E-state index is 15.2. The van der Waals surface area contributed by atoms with Crippen molar-refractivity contribution in [1.29, 1.82) is 0 Å². The van der Waals surface area contributed by atoms with Crippen molar-refractivity contribution in [3.63, 3.8) is 0 Å². The summed E-state index contributed by atoms with van der Waals surface area (Å²) in [6, 6.07) is 39.6. The molecule has 9 nitrogen and oxygen atoms in total. The molecule has 10 aliphatic rings. The molecule has 8 aromatic carbocycles. The van der Waals surface area contributed by atoms with Crippen molar-refractivity contribution in [2.24, 2.45) is 92.7 Å². The molecule has 6 saturated carbocycles. The molecule has 8 aliphatic carbocycles. The van der Waals surface area contributed by atoms with E-state index in [0.717, 1.165) is 94.3 Å². The molecule has 570 valence electrons. The third-order valence-electron chi connectivity index (χ3n) is 31.8. The maximum absolute atomic E-state index is 15.2. The summed E-state index contributed by atoms with van der Waals surface area (Å²) in [7, 11) is 0. The van der Waals surface area contributed by atoms with Crippen LogP contribution in [-0.2, 0) is 40.0 Å². The minimum absolute atomic E-state index is 0.0466. The lowest BCUT2D eigenvalue weighted by Crippen LogP contribution is -2.76. The number of ether oxygens (including phenoxy) is 1. The van der Waals surface area contributed by atoms with Crippen molar-refractivity contribution in [3.05, 3.63) is 201 Å². The molecular formula is C99H123N3O6. The van der Waals surface area contributed by atoms with Crippen molar-refractivity contribution >= 4 is 70.6 Å². The molecule has 7 unspecified atom stereocenters. The molecule has 19 rings (SSSR count). The van der Waals surface area contributed by atoms with Gasteiger partial charge in [-0.1, -0.05) is 252 Å². The fourth-order valence-corrected chi connectivity index (χ4v) is 25.2. The summed E-state index contributed by atoms with van der Waals surface area (Å²) >= 11 is 0. The Morgan fingerprint density at radius 3 is 1.65 bits per heavy atom. The van der Waals surface area contributed by atoms with Crippen LogP contribution in [0, 0.1) is 92.7 Å². The number of hydrogen-bond acceptors (Lipinski definition) is 6. The number of nitrogens with zero attached hydrogens (tertiary/aromatic N) is 3. The van der Waals surface area contributed by atoms with Gasteiger partial charge in [0, 0.05) is 24.8 Å². The van der Waals surface area contributed by atoms with Gasteiger partial charge < -0.3 is 14.9 Å². The van der Waals surface area contributed by atoms with E-state index in [4.69, 9.17) is 4.74 Å². The van der Waals surface area contributed by atoms with E-state index in [2.05, 4.69) is 241 Å². The second-order valence-electron chi connectivity index (χ2n) is 37.8. The Kier molecular flexibility index (Phi) is 19.7. The number of rotatable bonds is 17. The van der Waals surface area contributed by atoms with Gasteiger partial charge in [0.1, 0.15) is 0 Å². The van der Waals surface area contributed by atoms with E-state index < -0.39 is 17.2 Å². The molecule has 9 aromatic rings. The third-order valence-corrected chi connectivity index (χ3v) is 31.8. The summed E-state index contributed by atoms with van der Waals surface area (Å²) < 4.78 is 10.5. The summed E-state index contributed by atoms with van der Waals surface area (Å²) in [6.45, 7) is 31.6. The van der Waals surface area contributed by atoms with Crippen LogP contribution >= 0.6 is 0 Å². The largest absolute Gasteiger partial charge is 0.466 e. The number of aliphatic hydroxyl groups excluding tert-OH is 2. The van der Waals surface area contributed by atoms with Gasteiger partial charge in [-0.05, 0) is 279 Å². The lowest BCUT2D eigenvalue weighted by molar-refractivity contribution is -0.199. The van der Waals surface area contributed by atoms with E-state index in [0.29, 0.717) is 78.8 Å². The highest BCUT2D eigenvalue weighted by Gasteiger charge is 2.75. The first-order valence-electron chi connectivity index (χ1n) is 42.6. The molecule has 18 atom stereocenters.